The van der Waals surface area contributed by atoms with Crippen LogP contribution in [-0.2, 0) is 18.4 Å². The smallest absolute Gasteiger partial charge is 0.245 e. The van der Waals surface area contributed by atoms with Crippen molar-refractivity contribution in [3.8, 4) is 11.4 Å². The van der Waals surface area contributed by atoms with Gasteiger partial charge in [-0.15, -0.1) is 10.2 Å². The summed E-state index contributed by atoms with van der Waals surface area (Å²) in [5, 5.41) is 12.6. The number of hydrogen-bond acceptors (Lipinski definition) is 4. The van der Waals surface area contributed by atoms with Crippen LogP contribution in [0.15, 0.2) is 12.4 Å². The number of amides is 1. The average molecular weight is 274 g/mol. The molecule has 1 aliphatic rings. The van der Waals surface area contributed by atoms with E-state index in [0.29, 0.717) is 12.4 Å². The van der Waals surface area contributed by atoms with Gasteiger partial charge in [-0.1, -0.05) is 6.92 Å². The molecule has 0 fully saturated rings. The Kier molecular flexibility index (Phi) is 3.04. The monoisotopic (exact) mass is 274 g/mol. The lowest BCUT2D eigenvalue weighted by Gasteiger charge is -2.31. The Morgan fingerprint density at radius 1 is 1.40 bits per heavy atom. The second-order valence-electron chi connectivity index (χ2n) is 5.15. The molecule has 106 valence electrons. The van der Waals surface area contributed by atoms with Gasteiger partial charge >= 0.3 is 0 Å². The van der Waals surface area contributed by atoms with Crippen LogP contribution in [0.5, 0.6) is 0 Å². The van der Waals surface area contributed by atoms with Crippen molar-refractivity contribution in [1.82, 2.24) is 29.4 Å². The predicted octanol–water partition coefficient (Wildman–Crippen LogP) is 0.992. The van der Waals surface area contributed by atoms with Crippen LogP contribution in [-0.4, -0.2) is 41.9 Å². The minimum atomic E-state index is -0.268. The maximum atomic E-state index is 12.4. The molecular weight excluding hydrogens is 256 g/mol. The lowest BCUT2D eigenvalue weighted by molar-refractivity contribution is -0.136. The van der Waals surface area contributed by atoms with E-state index in [0.717, 1.165) is 24.4 Å². The molecule has 20 heavy (non-hydrogen) atoms. The van der Waals surface area contributed by atoms with Gasteiger partial charge < -0.3 is 4.90 Å². The molecule has 0 aromatic carbocycles. The summed E-state index contributed by atoms with van der Waals surface area (Å²) < 4.78 is 3.64. The van der Waals surface area contributed by atoms with E-state index in [9.17, 15) is 4.79 Å². The molecule has 1 amide bonds. The van der Waals surface area contributed by atoms with Gasteiger partial charge in [0.15, 0.2) is 11.6 Å². The van der Waals surface area contributed by atoms with E-state index in [2.05, 4.69) is 22.2 Å². The minimum absolute atomic E-state index is 0.129. The fourth-order valence-electron chi connectivity index (χ4n) is 2.65. The van der Waals surface area contributed by atoms with Crippen molar-refractivity contribution >= 4 is 5.91 Å². The summed E-state index contributed by atoms with van der Waals surface area (Å²) in [7, 11) is 1.86. The van der Waals surface area contributed by atoms with E-state index >= 15 is 0 Å². The van der Waals surface area contributed by atoms with Crippen molar-refractivity contribution in [3.05, 3.63) is 18.2 Å². The highest BCUT2D eigenvalue weighted by Crippen LogP contribution is 2.27. The maximum absolute atomic E-state index is 12.4. The van der Waals surface area contributed by atoms with Gasteiger partial charge in [-0.25, -0.2) is 0 Å². The summed E-state index contributed by atoms with van der Waals surface area (Å²) in [6.07, 6.45) is 4.57. The first kappa shape index (κ1) is 12.8. The van der Waals surface area contributed by atoms with E-state index < -0.39 is 0 Å². The zero-order valence-electron chi connectivity index (χ0n) is 11.9. The molecule has 1 atom stereocenters. The number of hydrogen-bond donors (Lipinski definition) is 0. The third-order valence-corrected chi connectivity index (χ3v) is 3.61. The number of nitrogens with zero attached hydrogens (tertiary/aromatic N) is 6. The van der Waals surface area contributed by atoms with Crippen LogP contribution < -0.4 is 0 Å². The SMILES string of the molecule is CCCN1Cc2nnc(-c3cnn(C)c3)n2[C@H](C)C1=O. The minimum Gasteiger partial charge on any atom is -0.333 e. The Morgan fingerprint density at radius 2 is 2.20 bits per heavy atom. The lowest BCUT2D eigenvalue weighted by Crippen LogP contribution is -2.42. The van der Waals surface area contributed by atoms with Gasteiger partial charge in [-0.2, -0.15) is 5.10 Å². The first-order chi connectivity index (χ1) is 9.61. The number of aromatic nitrogens is 5. The van der Waals surface area contributed by atoms with Crippen molar-refractivity contribution in [3.63, 3.8) is 0 Å². The molecule has 7 nitrogen and oxygen atoms in total. The summed E-state index contributed by atoms with van der Waals surface area (Å²) >= 11 is 0. The maximum Gasteiger partial charge on any atom is 0.245 e. The molecule has 0 unspecified atom stereocenters. The van der Waals surface area contributed by atoms with Crippen molar-refractivity contribution < 1.29 is 4.79 Å². The molecule has 0 bridgehead atoms. The first-order valence-electron chi connectivity index (χ1n) is 6.83. The topological polar surface area (TPSA) is 68.8 Å². The van der Waals surface area contributed by atoms with Gasteiger partial charge in [0.2, 0.25) is 5.91 Å². The Morgan fingerprint density at radius 3 is 2.85 bits per heavy atom. The molecule has 0 saturated carbocycles. The van der Waals surface area contributed by atoms with E-state index in [4.69, 9.17) is 0 Å². The van der Waals surface area contributed by atoms with E-state index in [1.54, 1.807) is 10.9 Å². The second kappa shape index (κ2) is 4.73. The van der Waals surface area contributed by atoms with Crippen molar-refractivity contribution in [2.45, 2.75) is 32.9 Å². The Balaban J connectivity index is 2.02. The zero-order valence-corrected chi connectivity index (χ0v) is 11.9. The predicted molar refractivity (Wildman–Crippen MR) is 72.6 cm³/mol. The molecule has 3 heterocycles. The van der Waals surface area contributed by atoms with Crippen LogP contribution in [0.4, 0.5) is 0 Å². The van der Waals surface area contributed by atoms with Gasteiger partial charge in [-0.05, 0) is 13.3 Å². The van der Waals surface area contributed by atoms with E-state index in [1.165, 1.54) is 0 Å². The molecule has 0 spiro atoms. The summed E-state index contributed by atoms with van der Waals surface area (Å²) in [5.41, 5.74) is 0.884. The molecule has 2 aromatic rings. The first-order valence-corrected chi connectivity index (χ1v) is 6.83. The highest BCUT2D eigenvalue weighted by molar-refractivity contribution is 5.82. The molecular formula is C13H18N6O. The van der Waals surface area contributed by atoms with Crippen molar-refractivity contribution in [2.24, 2.45) is 7.05 Å². The van der Waals surface area contributed by atoms with Crippen molar-refractivity contribution in [2.75, 3.05) is 6.54 Å². The van der Waals surface area contributed by atoms with Gasteiger partial charge in [0.25, 0.3) is 0 Å². The van der Waals surface area contributed by atoms with Crippen LogP contribution in [0.2, 0.25) is 0 Å². The van der Waals surface area contributed by atoms with Crippen LogP contribution in [0, 0.1) is 0 Å². The number of fused-ring (bicyclic) bond motifs is 1. The molecule has 0 N–H and O–H groups in total. The van der Waals surface area contributed by atoms with Crippen molar-refractivity contribution in [1.29, 1.82) is 0 Å². The van der Waals surface area contributed by atoms with E-state index in [1.807, 2.05) is 29.6 Å². The number of carbonyl (C=O) groups excluding carboxylic acids is 1. The standard InChI is InChI=1S/C13H18N6O/c1-4-5-18-8-11-15-16-12(10-6-14-17(3)7-10)19(11)9(2)13(18)20/h6-7,9H,4-5,8H2,1-3H3/t9-/m1/s1. The Hall–Kier alpha value is -2.18. The molecule has 1 aliphatic heterocycles. The highest BCUT2D eigenvalue weighted by atomic mass is 16.2. The van der Waals surface area contributed by atoms with E-state index in [-0.39, 0.29) is 11.9 Å². The largest absolute Gasteiger partial charge is 0.333 e. The summed E-state index contributed by atoms with van der Waals surface area (Å²) in [5.74, 6) is 1.68. The van der Waals surface area contributed by atoms with Crippen LogP contribution >= 0.6 is 0 Å². The van der Waals surface area contributed by atoms with Crippen LogP contribution in [0.3, 0.4) is 0 Å². The van der Waals surface area contributed by atoms with Gasteiger partial charge in [0, 0.05) is 19.8 Å². The molecule has 0 radical (unpaired) electrons. The van der Waals surface area contributed by atoms with Gasteiger partial charge in [-0.3, -0.25) is 14.0 Å². The third kappa shape index (κ3) is 1.90. The average Bonchev–Trinajstić information content (AvgIpc) is 3.02. The lowest BCUT2D eigenvalue weighted by atomic mass is 10.2. The van der Waals surface area contributed by atoms with Gasteiger partial charge in [0.05, 0.1) is 18.3 Å². The molecule has 3 rings (SSSR count). The fourth-order valence-corrected chi connectivity index (χ4v) is 2.65. The third-order valence-electron chi connectivity index (χ3n) is 3.61. The zero-order chi connectivity index (χ0) is 14.3. The highest BCUT2D eigenvalue weighted by Gasteiger charge is 2.33. The summed E-state index contributed by atoms with van der Waals surface area (Å²) in [4.78, 5) is 14.2. The summed E-state index contributed by atoms with van der Waals surface area (Å²) in [6.45, 7) is 5.26. The number of carbonyl (C=O) groups is 1. The quantitative estimate of drug-likeness (QED) is 0.837. The number of aryl methyl sites for hydroxylation is 1. The Labute approximate surface area is 117 Å². The summed E-state index contributed by atoms with van der Waals surface area (Å²) in [6, 6.07) is -0.268. The molecule has 0 aliphatic carbocycles. The molecule has 0 saturated heterocycles. The normalized spacial score (nSPS) is 18.4. The van der Waals surface area contributed by atoms with Gasteiger partial charge in [0.1, 0.15) is 6.04 Å². The van der Waals surface area contributed by atoms with Crippen LogP contribution in [0.1, 0.15) is 32.1 Å². The Bertz CT molecular complexity index is 643. The number of rotatable bonds is 3. The fraction of sp³-hybridized carbons (Fsp3) is 0.538. The second-order valence-corrected chi connectivity index (χ2v) is 5.15. The molecule has 2 aromatic heterocycles. The molecule has 7 heteroatoms. The van der Waals surface area contributed by atoms with Crippen LogP contribution in [0.25, 0.3) is 11.4 Å².